The van der Waals surface area contributed by atoms with Gasteiger partial charge in [-0.25, -0.2) is 4.98 Å². The van der Waals surface area contributed by atoms with Gasteiger partial charge in [0.1, 0.15) is 5.82 Å². The van der Waals surface area contributed by atoms with Crippen LogP contribution in [0, 0.1) is 11.8 Å². The average molecular weight is 247 g/mol. The number of nitrogens with zero attached hydrogens (tertiary/aromatic N) is 2. The summed E-state index contributed by atoms with van der Waals surface area (Å²) in [6.45, 7) is 8.91. The minimum atomic E-state index is 0.0678. The number of hydrogen-bond donors (Lipinski definition) is 1. The van der Waals surface area contributed by atoms with E-state index in [0.717, 1.165) is 36.3 Å². The minimum absolute atomic E-state index is 0.0678. The minimum Gasteiger partial charge on any atom is -0.357 e. The number of nitrogens with two attached hydrogens (primary N) is 1. The molecule has 0 bridgehead atoms. The van der Waals surface area contributed by atoms with Crippen LogP contribution in [0.25, 0.3) is 0 Å². The Morgan fingerprint density at radius 2 is 1.89 bits per heavy atom. The van der Waals surface area contributed by atoms with Crippen LogP contribution >= 0.6 is 0 Å². The molecule has 1 aromatic heterocycles. The Morgan fingerprint density at radius 3 is 2.33 bits per heavy atom. The molecule has 0 saturated carbocycles. The Bertz CT molecular complexity index is 362. The van der Waals surface area contributed by atoms with Crippen LogP contribution in [-0.4, -0.2) is 18.1 Å². The van der Waals surface area contributed by atoms with E-state index in [1.807, 2.05) is 13.1 Å². The lowest BCUT2D eigenvalue weighted by Gasteiger charge is -2.34. The second kappa shape index (κ2) is 5.70. The Kier molecular flexibility index (Phi) is 4.23. The largest absolute Gasteiger partial charge is 0.357 e. The lowest BCUT2D eigenvalue weighted by molar-refractivity contribution is 0.310. The number of hydrogen-bond acceptors (Lipinski definition) is 3. The van der Waals surface area contributed by atoms with Gasteiger partial charge >= 0.3 is 0 Å². The summed E-state index contributed by atoms with van der Waals surface area (Å²) in [6, 6.07) is 4.27. The molecule has 1 fully saturated rings. The van der Waals surface area contributed by atoms with Crippen molar-refractivity contribution in [3.63, 3.8) is 0 Å². The first kappa shape index (κ1) is 13.3. The maximum Gasteiger partial charge on any atom is 0.128 e. The van der Waals surface area contributed by atoms with Gasteiger partial charge in [0.05, 0.1) is 0 Å². The van der Waals surface area contributed by atoms with E-state index in [1.54, 1.807) is 0 Å². The molecular weight excluding hydrogens is 222 g/mol. The Morgan fingerprint density at radius 1 is 1.22 bits per heavy atom. The number of pyridine rings is 1. The highest BCUT2D eigenvalue weighted by Gasteiger charge is 2.22. The SMILES string of the molecule is CC(N)c1ccc(N2CCC(C(C)C)CC2)nc1. The fraction of sp³-hybridized carbons (Fsp3) is 0.667. The third-order valence-corrected chi connectivity index (χ3v) is 4.10. The van der Waals surface area contributed by atoms with E-state index in [4.69, 9.17) is 5.73 Å². The molecule has 2 heterocycles. The second-order valence-electron chi connectivity index (χ2n) is 5.81. The molecule has 1 atom stereocenters. The predicted octanol–water partition coefficient (Wildman–Crippen LogP) is 2.97. The van der Waals surface area contributed by atoms with Gasteiger partial charge in [-0.05, 0) is 43.2 Å². The van der Waals surface area contributed by atoms with Crippen molar-refractivity contribution in [2.24, 2.45) is 17.6 Å². The lowest BCUT2D eigenvalue weighted by Crippen LogP contribution is -2.35. The van der Waals surface area contributed by atoms with Gasteiger partial charge in [-0.3, -0.25) is 0 Å². The number of rotatable bonds is 3. The quantitative estimate of drug-likeness (QED) is 0.893. The first-order valence-corrected chi connectivity index (χ1v) is 7.04. The van der Waals surface area contributed by atoms with Gasteiger partial charge in [0, 0.05) is 25.3 Å². The zero-order valence-corrected chi connectivity index (χ0v) is 11.8. The van der Waals surface area contributed by atoms with Crippen LogP contribution in [0.15, 0.2) is 18.3 Å². The Hall–Kier alpha value is -1.09. The summed E-state index contributed by atoms with van der Waals surface area (Å²) in [5.41, 5.74) is 6.95. The first-order chi connectivity index (χ1) is 8.58. The third kappa shape index (κ3) is 3.02. The Labute approximate surface area is 110 Å². The number of aromatic nitrogens is 1. The van der Waals surface area contributed by atoms with Crippen LogP contribution in [0.3, 0.4) is 0 Å². The zero-order chi connectivity index (χ0) is 13.1. The van der Waals surface area contributed by atoms with Crippen molar-refractivity contribution >= 4 is 5.82 Å². The van der Waals surface area contributed by atoms with Gasteiger partial charge in [0.2, 0.25) is 0 Å². The molecule has 1 saturated heterocycles. The van der Waals surface area contributed by atoms with Gasteiger partial charge in [-0.2, -0.15) is 0 Å². The summed E-state index contributed by atoms with van der Waals surface area (Å²) >= 11 is 0. The van der Waals surface area contributed by atoms with Crippen molar-refractivity contribution in [3.8, 4) is 0 Å². The van der Waals surface area contributed by atoms with Crippen molar-refractivity contribution in [3.05, 3.63) is 23.9 Å². The second-order valence-corrected chi connectivity index (χ2v) is 5.81. The molecule has 1 unspecified atom stereocenters. The lowest BCUT2D eigenvalue weighted by atomic mass is 9.87. The predicted molar refractivity (Wildman–Crippen MR) is 76.6 cm³/mol. The maximum absolute atomic E-state index is 5.84. The molecule has 1 aliphatic rings. The van der Waals surface area contributed by atoms with Gasteiger partial charge < -0.3 is 10.6 Å². The summed E-state index contributed by atoms with van der Waals surface area (Å²) in [4.78, 5) is 6.93. The van der Waals surface area contributed by atoms with Crippen LogP contribution in [0.4, 0.5) is 5.82 Å². The first-order valence-electron chi connectivity index (χ1n) is 7.04. The van der Waals surface area contributed by atoms with Crippen molar-refractivity contribution in [1.29, 1.82) is 0 Å². The molecule has 0 spiro atoms. The summed E-state index contributed by atoms with van der Waals surface area (Å²) < 4.78 is 0. The van der Waals surface area contributed by atoms with Crippen molar-refractivity contribution in [2.75, 3.05) is 18.0 Å². The number of piperidine rings is 1. The highest BCUT2D eigenvalue weighted by atomic mass is 15.2. The van der Waals surface area contributed by atoms with E-state index in [1.165, 1.54) is 12.8 Å². The monoisotopic (exact) mass is 247 g/mol. The highest BCUT2D eigenvalue weighted by Crippen LogP contribution is 2.27. The molecule has 3 heteroatoms. The molecular formula is C15H25N3. The zero-order valence-electron chi connectivity index (χ0n) is 11.8. The van der Waals surface area contributed by atoms with Gasteiger partial charge in [-0.15, -0.1) is 0 Å². The summed E-state index contributed by atoms with van der Waals surface area (Å²) in [5, 5.41) is 0. The van der Waals surface area contributed by atoms with Crippen molar-refractivity contribution < 1.29 is 0 Å². The van der Waals surface area contributed by atoms with Gasteiger partial charge in [-0.1, -0.05) is 19.9 Å². The fourth-order valence-corrected chi connectivity index (χ4v) is 2.65. The van der Waals surface area contributed by atoms with Crippen LogP contribution < -0.4 is 10.6 Å². The summed E-state index contributed by atoms with van der Waals surface area (Å²) in [7, 11) is 0. The van der Waals surface area contributed by atoms with Crippen LogP contribution in [0.2, 0.25) is 0 Å². The van der Waals surface area contributed by atoms with E-state index in [0.29, 0.717) is 0 Å². The Balaban J connectivity index is 1.97. The van der Waals surface area contributed by atoms with E-state index < -0.39 is 0 Å². The molecule has 1 aliphatic heterocycles. The van der Waals surface area contributed by atoms with Crippen LogP contribution in [-0.2, 0) is 0 Å². The van der Waals surface area contributed by atoms with Gasteiger partial charge in [0.25, 0.3) is 0 Å². The van der Waals surface area contributed by atoms with Gasteiger partial charge in [0.15, 0.2) is 0 Å². The molecule has 0 aromatic carbocycles. The average Bonchev–Trinajstić information content (AvgIpc) is 2.39. The molecule has 1 aromatic rings. The van der Waals surface area contributed by atoms with Crippen molar-refractivity contribution in [2.45, 2.75) is 39.7 Å². The smallest absolute Gasteiger partial charge is 0.128 e. The normalized spacial score (nSPS) is 19.3. The number of anilines is 1. The molecule has 2 rings (SSSR count). The topological polar surface area (TPSA) is 42.1 Å². The fourth-order valence-electron chi connectivity index (χ4n) is 2.65. The van der Waals surface area contributed by atoms with Crippen LogP contribution in [0.1, 0.15) is 45.2 Å². The van der Waals surface area contributed by atoms with E-state index in [2.05, 4.69) is 35.9 Å². The van der Waals surface area contributed by atoms with E-state index in [9.17, 15) is 0 Å². The third-order valence-electron chi connectivity index (χ3n) is 4.10. The standard InChI is InChI=1S/C15H25N3/c1-11(2)13-6-8-18(9-7-13)15-5-4-14(10-17-15)12(3)16/h4-5,10-13H,6-9,16H2,1-3H3. The van der Waals surface area contributed by atoms with Crippen LogP contribution in [0.5, 0.6) is 0 Å². The van der Waals surface area contributed by atoms with E-state index >= 15 is 0 Å². The molecule has 100 valence electrons. The summed E-state index contributed by atoms with van der Waals surface area (Å²) in [6.07, 6.45) is 4.48. The molecule has 18 heavy (non-hydrogen) atoms. The van der Waals surface area contributed by atoms with Crippen molar-refractivity contribution in [1.82, 2.24) is 4.98 Å². The summed E-state index contributed by atoms with van der Waals surface area (Å²) in [5.74, 6) is 2.78. The van der Waals surface area contributed by atoms with E-state index in [-0.39, 0.29) is 6.04 Å². The molecule has 3 nitrogen and oxygen atoms in total. The molecule has 0 aliphatic carbocycles. The molecule has 0 radical (unpaired) electrons. The molecule has 2 N–H and O–H groups in total. The molecule has 0 amide bonds. The maximum atomic E-state index is 5.84. The highest BCUT2D eigenvalue weighted by molar-refractivity contribution is 5.40.